The van der Waals surface area contributed by atoms with Gasteiger partial charge in [0.15, 0.2) is 11.9 Å². The topological polar surface area (TPSA) is 61.8 Å². The number of benzene rings is 3. The summed E-state index contributed by atoms with van der Waals surface area (Å²) in [6.45, 7) is 3.35. The molecule has 1 unspecified atom stereocenters. The highest BCUT2D eigenvalue weighted by Crippen LogP contribution is 2.42. The molecular weight excluding hydrogens is 404 g/mol. The van der Waals surface area contributed by atoms with Crippen molar-refractivity contribution in [2.24, 2.45) is 0 Å². The van der Waals surface area contributed by atoms with Gasteiger partial charge in [0.05, 0.1) is 7.11 Å². The molecule has 0 fully saturated rings. The van der Waals surface area contributed by atoms with E-state index in [2.05, 4.69) is 6.07 Å². The van der Waals surface area contributed by atoms with Gasteiger partial charge in [-0.25, -0.2) is 4.79 Å². The van der Waals surface area contributed by atoms with Crippen molar-refractivity contribution >= 4 is 17.5 Å². The Kier molecular flexibility index (Phi) is 6.08. The van der Waals surface area contributed by atoms with E-state index in [4.69, 9.17) is 14.2 Å². The molecule has 0 saturated heterocycles. The number of carbonyl (C=O) groups excluding carboxylic acids is 2. The smallest absolute Gasteiger partial charge is 0.343 e. The third kappa shape index (κ3) is 4.14. The maximum absolute atomic E-state index is 13.0. The van der Waals surface area contributed by atoms with Crippen LogP contribution >= 0.6 is 0 Å². The number of cyclic esters (lactones) is 1. The molecule has 3 aromatic carbocycles. The molecule has 0 aromatic heterocycles. The summed E-state index contributed by atoms with van der Waals surface area (Å²) >= 11 is 0. The van der Waals surface area contributed by atoms with Gasteiger partial charge in [0.25, 0.3) is 0 Å². The van der Waals surface area contributed by atoms with Gasteiger partial charge in [0.1, 0.15) is 11.3 Å². The van der Waals surface area contributed by atoms with E-state index in [0.29, 0.717) is 17.6 Å². The van der Waals surface area contributed by atoms with E-state index in [-0.39, 0.29) is 5.76 Å². The number of hydrogen-bond acceptors (Lipinski definition) is 5. The SMILES string of the molecule is CCc1cc(-c2ccc(OC)cc2)ccc1C1=C(OC(C)=O)C(c2ccccc2)OC1=O. The number of ether oxygens (including phenoxy) is 3. The van der Waals surface area contributed by atoms with E-state index in [1.807, 2.05) is 73.7 Å². The van der Waals surface area contributed by atoms with Crippen LogP contribution in [-0.2, 0) is 25.5 Å². The Hall–Kier alpha value is -3.86. The Morgan fingerprint density at radius 2 is 1.66 bits per heavy atom. The van der Waals surface area contributed by atoms with Crippen molar-refractivity contribution in [3.05, 3.63) is 95.2 Å². The Balaban J connectivity index is 1.81. The molecule has 0 saturated carbocycles. The summed E-state index contributed by atoms with van der Waals surface area (Å²) in [6.07, 6.45) is -0.0620. The van der Waals surface area contributed by atoms with Gasteiger partial charge in [-0.1, -0.05) is 67.6 Å². The molecule has 3 aromatic rings. The van der Waals surface area contributed by atoms with Crippen molar-refractivity contribution in [2.45, 2.75) is 26.4 Å². The van der Waals surface area contributed by atoms with Crippen molar-refractivity contribution < 1.29 is 23.8 Å². The quantitative estimate of drug-likeness (QED) is 0.486. The van der Waals surface area contributed by atoms with Gasteiger partial charge < -0.3 is 14.2 Å². The Morgan fingerprint density at radius 3 is 2.28 bits per heavy atom. The summed E-state index contributed by atoms with van der Waals surface area (Å²) in [4.78, 5) is 24.8. The minimum absolute atomic E-state index is 0.237. The van der Waals surface area contributed by atoms with Crippen LogP contribution in [0, 0.1) is 0 Å². The third-order valence-corrected chi connectivity index (χ3v) is 5.45. The summed E-state index contributed by atoms with van der Waals surface area (Å²) in [6, 6.07) is 23.0. The standard InChI is InChI=1S/C27H24O5/c1-4-18-16-21(19-10-13-22(30-3)14-11-19)12-15-23(18)24-26(31-17(2)28)25(32-27(24)29)20-8-6-5-7-9-20/h5-16,25H,4H2,1-3H3. The summed E-state index contributed by atoms with van der Waals surface area (Å²) in [5.41, 5.74) is 4.78. The van der Waals surface area contributed by atoms with Crippen LogP contribution in [0.25, 0.3) is 16.7 Å². The van der Waals surface area contributed by atoms with Crippen molar-refractivity contribution in [1.82, 2.24) is 0 Å². The fourth-order valence-electron chi connectivity index (χ4n) is 3.89. The van der Waals surface area contributed by atoms with Gasteiger partial charge in [-0.05, 0) is 40.8 Å². The molecule has 1 heterocycles. The van der Waals surface area contributed by atoms with E-state index in [0.717, 1.165) is 28.0 Å². The lowest BCUT2D eigenvalue weighted by Gasteiger charge is -2.14. The van der Waals surface area contributed by atoms with E-state index >= 15 is 0 Å². The molecule has 5 nitrogen and oxygen atoms in total. The molecule has 0 amide bonds. The first kappa shape index (κ1) is 21.4. The molecule has 1 aliphatic rings. The number of carbonyl (C=O) groups is 2. The van der Waals surface area contributed by atoms with E-state index in [1.165, 1.54) is 6.92 Å². The monoisotopic (exact) mass is 428 g/mol. The number of esters is 2. The van der Waals surface area contributed by atoms with E-state index in [9.17, 15) is 9.59 Å². The second-order valence-corrected chi connectivity index (χ2v) is 7.48. The molecule has 0 bridgehead atoms. The summed E-state index contributed by atoms with van der Waals surface area (Å²) in [5, 5.41) is 0. The normalized spacial score (nSPS) is 15.5. The lowest BCUT2D eigenvalue weighted by molar-refractivity contribution is -0.143. The molecule has 0 spiro atoms. The lowest BCUT2D eigenvalue weighted by Crippen LogP contribution is -2.07. The van der Waals surface area contributed by atoms with E-state index < -0.39 is 18.0 Å². The van der Waals surface area contributed by atoms with Crippen LogP contribution in [0.4, 0.5) is 0 Å². The van der Waals surface area contributed by atoms with Crippen LogP contribution in [0.3, 0.4) is 0 Å². The zero-order valence-electron chi connectivity index (χ0n) is 18.3. The van der Waals surface area contributed by atoms with Crippen molar-refractivity contribution in [1.29, 1.82) is 0 Å². The van der Waals surface area contributed by atoms with Crippen LogP contribution in [-0.4, -0.2) is 19.0 Å². The fraction of sp³-hybridized carbons (Fsp3) is 0.185. The Bertz CT molecular complexity index is 1180. The van der Waals surface area contributed by atoms with Crippen molar-refractivity contribution in [3.8, 4) is 16.9 Å². The minimum atomic E-state index is -0.756. The highest BCUT2D eigenvalue weighted by atomic mass is 16.6. The van der Waals surface area contributed by atoms with Crippen molar-refractivity contribution in [3.63, 3.8) is 0 Å². The molecule has 5 heteroatoms. The predicted molar refractivity (Wildman–Crippen MR) is 122 cm³/mol. The zero-order valence-corrected chi connectivity index (χ0v) is 18.3. The van der Waals surface area contributed by atoms with Gasteiger partial charge in [-0.15, -0.1) is 0 Å². The summed E-state index contributed by atoms with van der Waals surface area (Å²) < 4.78 is 16.4. The van der Waals surface area contributed by atoms with Crippen LogP contribution < -0.4 is 4.74 Å². The second-order valence-electron chi connectivity index (χ2n) is 7.48. The van der Waals surface area contributed by atoms with Gasteiger partial charge in [0.2, 0.25) is 0 Å². The van der Waals surface area contributed by atoms with Gasteiger partial charge in [-0.2, -0.15) is 0 Å². The highest BCUT2D eigenvalue weighted by Gasteiger charge is 2.39. The number of aryl methyl sites for hydroxylation is 1. The van der Waals surface area contributed by atoms with Crippen molar-refractivity contribution in [2.75, 3.05) is 7.11 Å². The minimum Gasteiger partial charge on any atom is -0.497 e. The summed E-state index contributed by atoms with van der Waals surface area (Å²) in [5.74, 6) is 0.0325. The Morgan fingerprint density at radius 1 is 0.969 bits per heavy atom. The molecule has 0 radical (unpaired) electrons. The molecule has 4 rings (SSSR count). The molecule has 1 atom stereocenters. The largest absolute Gasteiger partial charge is 0.497 e. The van der Waals surface area contributed by atoms with Crippen LogP contribution in [0.1, 0.15) is 36.6 Å². The van der Waals surface area contributed by atoms with Gasteiger partial charge in [0, 0.05) is 12.5 Å². The molecule has 0 aliphatic carbocycles. The third-order valence-electron chi connectivity index (χ3n) is 5.45. The van der Waals surface area contributed by atoms with Crippen LogP contribution in [0.15, 0.2) is 78.6 Å². The predicted octanol–water partition coefficient (Wildman–Crippen LogP) is 5.50. The molecular formula is C27H24O5. The van der Waals surface area contributed by atoms with Gasteiger partial charge in [-0.3, -0.25) is 4.79 Å². The number of rotatable bonds is 6. The first-order valence-electron chi connectivity index (χ1n) is 10.5. The number of hydrogen-bond donors (Lipinski definition) is 0. The Labute approximate surface area is 187 Å². The van der Waals surface area contributed by atoms with Crippen LogP contribution in [0.2, 0.25) is 0 Å². The van der Waals surface area contributed by atoms with Crippen LogP contribution in [0.5, 0.6) is 5.75 Å². The highest BCUT2D eigenvalue weighted by molar-refractivity contribution is 6.20. The fourth-order valence-corrected chi connectivity index (χ4v) is 3.89. The molecule has 32 heavy (non-hydrogen) atoms. The average molecular weight is 428 g/mol. The first-order valence-corrected chi connectivity index (χ1v) is 10.5. The maximum atomic E-state index is 13.0. The first-order chi connectivity index (χ1) is 15.5. The molecule has 0 N–H and O–H groups in total. The average Bonchev–Trinajstić information content (AvgIpc) is 3.14. The van der Waals surface area contributed by atoms with Gasteiger partial charge >= 0.3 is 11.9 Å². The molecule has 1 aliphatic heterocycles. The summed E-state index contributed by atoms with van der Waals surface area (Å²) in [7, 11) is 1.64. The molecule has 162 valence electrons. The maximum Gasteiger partial charge on any atom is 0.343 e. The van der Waals surface area contributed by atoms with E-state index in [1.54, 1.807) is 7.11 Å². The zero-order chi connectivity index (χ0) is 22.7. The number of methoxy groups -OCH3 is 1. The lowest BCUT2D eigenvalue weighted by atomic mass is 9.92. The second kappa shape index (κ2) is 9.10.